The number of carbonyl (C=O) groups is 1. The summed E-state index contributed by atoms with van der Waals surface area (Å²) in [5, 5.41) is 2.48. The van der Waals surface area contributed by atoms with Crippen LogP contribution < -0.4 is 10.1 Å². The molecule has 1 aromatic carbocycles. The lowest BCUT2D eigenvalue weighted by molar-refractivity contribution is -0.274. The Morgan fingerprint density at radius 2 is 1.76 bits per heavy atom. The molecule has 0 atom stereocenters. The molecule has 0 bridgehead atoms. The van der Waals surface area contributed by atoms with E-state index in [0.29, 0.717) is 5.69 Å². The average Bonchev–Trinajstić information content (AvgIpc) is 2.18. The van der Waals surface area contributed by atoms with Gasteiger partial charge >= 0.3 is 12.4 Å². The fraction of sp³-hybridized carbons (Fsp3) is 0.300. The van der Waals surface area contributed by atoms with E-state index in [0.717, 1.165) is 12.1 Å². The zero-order chi connectivity index (χ0) is 13.1. The molecule has 0 aliphatic heterocycles. The van der Waals surface area contributed by atoms with E-state index < -0.39 is 6.36 Å². The van der Waals surface area contributed by atoms with Gasteiger partial charge in [-0.25, -0.2) is 4.79 Å². The third-order valence-electron chi connectivity index (χ3n) is 1.75. The predicted molar refractivity (Wildman–Crippen MR) is 55.8 cm³/mol. The maximum absolute atomic E-state index is 11.9. The lowest BCUT2D eigenvalue weighted by Gasteiger charge is -2.13. The van der Waals surface area contributed by atoms with Crippen molar-refractivity contribution in [2.75, 3.05) is 19.4 Å². The first-order valence-electron chi connectivity index (χ1n) is 4.62. The Bertz CT molecular complexity index is 388. The Labute approximate surface area is 96.0 Å². The van der Waals surface area contributed by atoms with Gasteiger partial charge in [-0.05, 0) is 24.3 Å². The summed E-state index contributed by atoms with van der Waals surface area (Å²) in [4.78, 5) is 12.5. The van der Waals surface area contributed by atoms with Crippen LogP contribution in [-0.2, 0) is 0 Å². The standard InChI is InChI=1S/C10H11F3N2O2/c1-15(2)9(16)14-7-3-5-8(6-4-7)17-10(11,12)13/h3-6H,1-2H3,(H,14,16). The van der Waals surface area contributed by atoms with Crippen molar-refractivity contribution in [1.82, 2.24) is 4.90 Å². The summed E-state index contributed by atoms with van der Waals surface area (Å²) in [5.41, 5.74) is 0.387. The normalized spacial score (nSPS) is 10.9. The van der Waals surface area contributed by atoms with Crippen LogP contribution in [0.4, 0.5) is 23.7 Å². The van der Waals surface area contributed by atoms with E-state index in [9.17, 15) is 18.0 Å². The molecule has 0 saturated heterocycles. The lowest BCUT2D eigenvalue weighted by atomic mass is 10.3. The minimum Gasteiger partial charge on any atom is -0.406 e. The molecular formula is C10H11F3N2O2. The van der Waals surface area contributed by atoms with Crippen molar-refractivity contribution >= 4 is 11.7 Å². The first kappa shape index (κ1) is 13.1. The van der Waals surface area contributed by atoms with E-state index in [1.54, 1.807) is 14.1 Å². The first-order chi connectivity index (χ1) is 7.78. The molecule has 94 valence electrons. The molecule has 0 aromatic heterocycles. The summed E-state index contributed by atoms with van der Waals surface area (Å²) in [6.07, 6.45) is -4.71. The maximum atomic E-state index is 11.9. The van der Waals surface area contributed by atoms with Gasteiger partial charge in [0.05, 0.1) is 0 Å². The Morgan fingerprint density at radius 1 is 1.24 bits per heavy atom. The molecule has 7 heteroatoms. The van der Waals surface area contributed by atoms with Crippen LogP contribution in [0.3, 0.4) is 0 Å². The zero-order valence-electron chi connectivity index (χ0n) is 9.21. The third kappa shape index (κ3) is 4.62. The molecule has 0 radical (unpaired) electrons. The average molecular weight is 248 g/mol. The molecule has 17 heavy (non-hydrogen) atoms. The molecule has 0 fully saturated rings. The number of nitrogens with zero attached hydrogens (tertiary/aromatic N) is 1. The summed E-state index contributed by atoms with van der Waals surface area (Å²) >= 11 is 0. The van der Waals surface area contributed by atoms with E-state index in [1.165, 1.54) is 17.0 Å². The van der Waals surface area contributed by atoms with Crippen LogP contribution in [0.2, 0.25) is 0 Å². The number of hydrogen-bond donors (Lipinski definition) is 1. The number of ether oxygens (including phenoxy) is 1. The van der Waals surface area contributed by atoms with Crippen LogP contribution in [0.1, 0.15) is 0 Å². The van der Waals surface area contributed by atoms with Gasteiger partial charge in [0.15, 0.2) is 0 Å². The topological polar surface area (TPSA) is 41.6 Å². The van der Waals surface area contributed by atoms with Crippen molar-refractivity contribution in [2.24, 2.45) is 0 Å². The van der Waals surface area contributed by atoms with Gasteiger partial charge in [-0.1, -0.05) is 0 Å². The van der Waals surface area contributed by atoms with Gasteiger partial charge < -0.3 is 15.0 Å². The predicted octanol–water partition coefficient (Wildman–Crippen LogP) is 2.68. The number of rotatable bonds is 2. The monoisotopic (exact) mass is 248 g/mol. The summed E-state index contributed by atoms with van der Waals surface area (Å²) in [7, 11) is 3.10. The van der Waals surface area contributed by atoms with Gasteiger partial charge in [-0.2, -0.15) is 0 Å². The number of urea groups is 1. The van der Waals surface area contributed by atoms with Crippen LogP contribution >= 0.6 is 0 Å². The van der Waals surface area contributed by atoms with Crippen molar-refractivity contribution in [1.29, 1.82) is 0 Å². The van der Waals surface area contributed by atoms with Crippen molar-refractivity contribution < 1.29 is 22.7 Å². The maximum Gasteiger partial charge on any atom is 0.573 e. The van der Waals surface area contributed by atoms with Crippen LogP contribution in [-0.4, -0.2) is 31.4 Å². The molecule has 0 aliphatic carbocycles. The number of hydrogen-bond acceptors (Lipinski definition) is 2. The minimum absolute atomic E-state index is 0.333. The Kier molecular flexibility index (Phi) is 3.82. The number of halogens is 3. The second-order valence-electron chi connectivity index (χ2n) is 3.40. The van der Waals surface area contributed by atoms with Crippen molar-refractivity contribution in [3.8, 4) is 5.75 Å². The number of nitrogens with one attached hydrogen (secondary N) is 1. The smallest absolute Gasteiger partial charge is 0.406 e. The number of anilines is 1. The Balaban J connectivity index is 2.65. The van der Waals surface area contributed by atoms with Crippen molar-refractivity contribution in [2.45, 2.75) is 6.36 Å². The third-order valence-corrected chi connectivity index (χ3v) is 1.75. The van der Waals surface area contributed by atoms with E-state index in [-0.39, 0.29) is 11.8 Å². The molecule has 0 unspecified atom stereocenters. The number of amides is 2. The van der Waals surface area contributed by atoms with Crippen molar-refractivity contribution in [3.05, 3.63) is 24.3 Å². The van der Waals surface area contributed by atoms with Crippen LogP contribution in [0, 0.1) is 0 Å². The molecule has 0 heterocycles. The van der Waals surface area contributed by atoms with Gasteiger partial charge in [-0.15, -0.1) is 13.2 Å². The molecule has 2 amide bonds. The van der Waals surface area contributed by atoms with Gasteiger partial charge in [0.1, 0.15) is 5.75 Å². The SMILES string of the molecule is CN(C)C(=O)Nc1ccc(OC(F)(F)F)cc1. The van der Waals surface area contributed by atoms with Crippen LogP contribution in [0.25, 0.3) is 0 Å². The number of alkyl halides is 3. The first-order valence-corrected chi connectivity index (χ1v) is 4.62. The highest BCUT2D eigenvalue weighted by atomic mass is 19.4. The summed E-state index contributed by atoms with van der Waals surface area (Å²) in [5.74, 6) is -0.333. The summed E-state index contributed by atoms with van der Waals surface area (Å²) < 4.78 is 39.3. The number of carbonyl (C=O) groups excluding carboxylic acids is 1. The quantitative estimate of drug-likeness (QED) is 0.874. The fourth-order valence-electron chi connectivity index (χ4n) is 0.975. The van der Waals surface area contributed by atoms with E-state index in [4.69, 9.17) is 0 Å². The second-order valence-corrected chi connectivity index (χ2v) is 3.40. The number of benzene rings is 1. The van der Waals surface area contributed by atoms with Gasteiger partial charge in [0.25, 0.3) is 0 Å². The fourth-order valence-corrected chi connectivity index (χ4v) is 0.975. The summed E-state index contributed by atoms with van der Waals surface area (Å²) in [6.45, 7) is 0. The molecule has 1 N–H and O–H groups in total. The molecule has 0 saturated carbocycles. The van der Waals surface area contributed by atoms with Crippen LogP contribution in [0.5, 0.6) is 5.75 Å². The van der Waals surface area contributed by atoms with E-state index >= 15 is 0 Å². The van der Waals surface area contributed by atoms with Gasteiger partial charge in [-0.3, -0.25) is 0 Å². The highest BCUT2D eigenvalue weighted by Crippen LogP contribution is 2.23. The van der Waals surface area contributed by atoms with Gasteiger partial charge in [0, 0.05) is 19.8 Å². The molecule has 0 aliphatic rings. The molecule has 4 nitrogen and oxygen atoms in total. The van der Waals surface area contributed by atoms with Gasteiger partial charge in [0.2, 0.25) is 0 Å². The largest absolute Gasteiger partial charge is 0.573 e. The lowest BCUT2D eigenvalue weighted by Crippen LogP contribution is -2.27. The summed E-state index contributed by atoms with van der Waals surface area (Å²) in [6, 6.07) is 4.53. The van der Waals surface area contributed by atoms with E-state index in [1.807, 2.05) is 0 Å². The molecule has 0 spiro atoms. The minimum atomic E-state index is -4.71. The van der Waals surface area contributed by atoms with E-state index in [2.05, 4.69) is 10.1 Å². The highest BCUT2D eigenvalue weighted by molar-refractivity contribution is 5.88. The Hall–Kier alpha value is -1.92. The Morgan fingerprint density at radius 3 is 2.18 bits per heavy atom. The zero-order valence-corrected chi connectivity index (χ0v) is 9.21. The van der Waals surface area contributed by atoms with Crippen LogP contribution in [0.15, 0.2) is 24.3 Å². The molecule has 1 aromatic rings. The molecular weight excluding hydrogens is 237 g/mol. The second kappa shape index (κ2) is 4.94. The highest BCUT2D eigenvalue weighted by Gasteiger charge is 2.30. The molecule has 1 rings (SSSR count). The van der Waals surface area contributed by atoms with Crippen molar-refractivity contribution in [3.63, 3.8) is 0 Å².